The van der Waals surface area contributed by atoms with Gasteiger partial charge in [0.05, 0.1) is 20.5 Å². The molecular weight excluding hydrogens is 406 g/mol. The number of benzene rings is 1. The number of rotatable bonds is 7. The third-order valence-electron chi connectivity index (χ3n) is 5.11. The zero-order chi connectivity index (χ0) is 20.8. The molecule has 2 aromatic rings. The van der Waals surface area contributed by atoms with Crippen molar-refractivity contribution in [1.29, 1.82) is 0 Å². The molecule has 156 valence electrons. The van der Waals surface area contributed by atoms with Crippen LogP contribution in [0.1, 0.15) is 51.8 Å². The van der Waals surface area contributed by atoms with Crippen LogP contribution in [0.4, 0.5) is 5.00 Å². The number of carbonyl (C=O) groups is 2. The third-order valence-corrected chi connectivity index (χ3v) is 6.59. The number of nitrogens with one attached hydrogen (secondary N) is 2. The fourth-order valence-electron chi connectivity index (χ4n) is 3.59. The molecule has 2 heterocycles. The number of anilines is 1. The van der Waals surface area contributed by atoms with E-state index in [9.17, 15) is 9.59 Å². The van der Waals surface area contributed by atoms with Crippen LogP contribution in [0.15, 0.2) is 30.3 Å². The van der Waals surface area contributed by atoms with Crippen molar-refractivity contribution in [3.05, 3.63) is 51.4 Å². The Kier molecular flexibility index (Phi) is 7.70. The van der Waals surface area contributed by atoms with Crippen LogP contribution in [0.25, 0.3) is 0 Å². The Balaban J connectivity index is 1.54. The second kappa shape index (κ2) is 10.2. The molecule has 3 rings (SSSR count). The first-order valence-corrected chi connectivity index (χ1v) is 11.3. The predicted molar refractivity (Wildman–Crippen MR) is 120 cm³/mol. The Morgan fingerprint density at radius 2 is 1.90 bits per heavy atom. The van der Waals surface area contributed by atoms with E-state index < -0.39 is 0 Å². The number of carbonyl (C=O) groups excluding carboxylic acids is 2. The summed E-state index contributed by atoms with van der Waals surface area (Å²) < 4.78 is 0. The number of aryl methyl sites for hydroxylation is 1. The lowest BCUT2D eigenvalue weighted by Gasteiger charge is -2.29. The summed E-state index contributed by atoms with van der Waals surface area (Å²) in [6, 6.07) is 8.73. The molecule has 7 heteroatoms. The summed E-state index contributed by atoms with van der Waals surface area (Å²) in [6.07, 6.45) is 3.88. The molecule has 1 aromatic heterocycles. The Bertz CT molecular complexity index is 861. The second-order valence-corrected chi connectivity index (χ2v) is 9.19. The summed E-state index contributed by atoms with van der Waals surface area (Å²) >= 11 is 7.37. The number of piperidine rings is 1. The highest BCUT2D eigenvalue weighted by Crippen LogP contribution is 2.28. The first-order chi connectivity index (χ1) is 13.9. The molecule has 1 aliphatic heterocycles. The van der Waals surface area contributed by atoms with Crippen molar-refractivity contribution < 1.29 is 9.59 Å². The molecule has 2 amide bonds. The van der Waals surface area contributed by atoms with Gasteiger partial charge in [0.25, 0.3) is 11.8 Å². The lowest BCUT2D eigenvalue weighted by atomic mass is 10.1. The average Bonchev–Trinajstić information content (AvgIpc) is 3.07. The van der Waals surface area contributed by atoms with Crippen LogP contribution in [0.2, 0.25) is 5.02 Å². The number of thiophene rings is 1. The van der Waals surface area contributed by atoms with E-state index in [0.717, 1.165) is 25.2 Å². The highest BCUT2D eigenvalue weighted by atomic mass is 35.5. The molecule has 0 unspecified atom stereocenters. The number of halogens is 1. The molecule has 0 saturated carbocycles. The number of amides is 2. The minimum atomic E-state index is -0.279. The maximum Gasteiger partial charge on any atom is 0.261 e. The normalized spacial score (nSPS) is 15.7. The van der Waals surface area contributed by atoms with Crippen molar-refractivity contribution >= 4 is 39.8 Å². The fourth-order valence-corrected chi connectivity index (χ4v) is 4.79. The Morgan fingerprint density at radius 1 is 1.17 bits per heavy atom. The number of hydrogen-bond acceptors (Lipinski definition) is 4. The summed E-state index contributed by atoms with van der Waals surface area (Å²) in [6.45, 7) is 8.05. The van der Waals surface area contributed by atoms with Crippen LogP contribution in [-0.2, 0) is 0 Å². The van der Waals surface area contributed by atoms with Crippen LogP contribution in [0.5, 0.6) is 0 Å². The van der Waals surface area contributed by atoms with E-state index in [1.54, 1.807) is 24.3 Å². The Hall–Kier alpha value is -1.89. The van der Waals surface area contributed by atoms with Gasteiger partial charge < -0.3 is 15.5 Å². The molecule has 0 radical (unpaired) electrons. The van der Waals surface area contributed by atoms with Crippen LogP contribution in [0.3, 0.4) is 0 Å². The molecule has 5 nitrogen and oxygen atoms in total. The molecule has 0 aliphatic carbocycles. The van der Waals surface area contributed by atoms with E-state index in [4.69, 9.17) is 11.6 Å². The largest absolute Gasteiger partial charge is 0.351 e. The van der Waals surface area contributed by atoms with Crippen molar-refractivity contribution in [3.8, 4) is 0 Å². The first kappa shape index (κ1) is 21.8. The van der Waals surface area contributed by atoms with Gasteiger partial charge in [-0.15, -0.1) is 11.3 Å². The maximum atomic E-state index is 12.6. The van der Waals surface area contributed by atoms with Crippen LogP contribution in [-0.4, -0.2) is 42.9 Å². The van der Waals surface area contributed by atoms with Gasteiger partial charge >= 0.3 is 0 Å². The summed E-state index contributed by atoms with van der Waals surface area (Å²) in [5, 5.41) is 6.93. The summed E-state index contributed by atoms with van der Waals surface area (Å²) in [5.41, 5.74) is 1.27. The lowest BCUT2D eigenvalue weighted by Crippen LogP contribution is -2.38. The van der Waals surface area contributed by atoms with Gasteiger partial charge in [-0.2, -0.15) is 0 Å². The van der Waals surface area contributed by atoms with Gasteiger partial charge in [0.1, 0.15) is 0 Å². The van der Waals surface area contributed by atoms with Gasteiger partial charge in [0.15, 0.2) is 0 Å². The summed E-state index contributed by atoms with van der Waals surface area (Å²) in [7, 11) is 0. The van der Waals surface area contributed by atoms with Crippen LogP contribution < -0.4 is 10.6 Å². The predicted octanol–water partition coefficient (Wildman–Crippen LogP) is 4.81. The topological polar surface area (TPSA) is 61.4 Å². The van der Waals surface area contributed by atoms with E-state index in [1.807, 2.05) is 13.0 Å². The van der Waals surface area contributed by atoms with Gasteiger partial charge in [-0.25, -0.2) is 0 Å². The molecule has 1 aliphatic rings. The van der Waals surface area contributed by atoms with Crippen LogP contribution in [0, 0.1) is 12.8 Å². The molecule has 1 aromatic carbocycles. The van der Waals surface area contributed by atoms with Gasteiger partial charge in [-0.1, -0.05) is 37.1 Å². The van der Waals surface area contributed by atoms with Gasteiger partial charge in [-0.05, 0) is 62.5 Å². The van der Waals surface area contributed by atoms with E-state index in [0.29, 0.717) is 32.9 Å². The molecule has 0 spiro atoms. The fraction of sp³-hybridized carbons (Fsp3) is 0.455. The van der Waals surface area contributed by atoms with E-state index in [-0.39, 0.29) is 11.8 Å². The maximum absolute atomic E-state index is 12.6. The van der Waals surface area contributed by atoms with Gasteiger partial charge in [0.2, 0.25) is 0 Å². The molecule has 1 saturated heterocycles. The van der Waals surface area contributed by atoms with Crippen LogP contribution >= 0.6 is 22.9 Å². The van der Waals surface area contributed by atoms with E-state index in [2.05, 4.69) is 22.5 Å². The molecular formula is C22H28ClN3O2S. The van der Waals surface area contributed by atoms with Crippen molar-refractivity contribution in [1.82, 2.24) is 10.2 Å². The number of hydrogen-bond donors (Lipinski definition) is 2. The quantitative estimate of drug-likeness (QED) is 0.658. The monoisotopic (exact) mass is 433 g/mol. The summed E-state index contributed by atoms with van der Waals surface area (Å²) in [5.74, 6) is 0.0342. The second-order valence-electron chi connectivity index (χ2n) is 7.73. The number of likely N-dealkylation sites (tertiary alicyclic amines) is 1. The van der Waals surface area contributed by atoms with Crippen molar-refractivity contribution in [2.45, 2.75) is 33.1 Å². The zero-order valence-electron chi connectivity index (χ0n) is 17.0. The molecule has 1 atom stereocenters. The van der Waals surface area contributed by atoms with Gasteiger partial charge in [-0.3, -0.25) is 9.59 Å². The number of nitrogens with zero attached hydrogens (tertiary/aromatic N) is 1. The van der Waals surface area contributed by atoms with E-state index in [1.165, 1.54) is 30.6 Å². The molecule has 0 bridgehead atoms. The van der Waals surface area contributed by atoms with Crippen molar-refractivity contribution in [3.63, 3.8) is 0 Å². The minimum Gasteiger partial charge on any atom is -0.351 e. The summed E-state index contributed by atoms with van der Waals surface area (Å²) in [4.78, 5) is 28.2. The third kappa shape index (κ3) is 6.04. The first-order valence-electron chi connectivity index (χ1n) is 10.1. The molecule has 29 heavy (non-hydrogen) atoms. The standard InChI is InChI=1S/C22H28ClN3O2S/c1-15(14-26-10-6-3-7-11-26)13-24-22(28)20-16(2)12-19(29-20)25-21(27)17-8-4-5-9-18(17)23/h4-5,8-9,12,15H,3,6-7,10-11,13-14H2,1-2H3,(H,24,28)(H,25,27)/t15-/m0/s1. The highest BCUT2D eigenvalue weighted by molar-refractivity contribution is 7.18. The van der Waals surface area contributed by atoms with E-state index >= 15 is 0 Å². The smallest absolute Gasteiger partial charge is 0.261 e. The molecule has 2 N–H and O–H groups in total. The lowest BCUT2D eigenvalue weighted by molar-refractivity contribution is 0.0945. The SMILES string of the molecule is Cc1cc(NC(=O)c2ccccc2Cl)sc1C(=O)NC[C@H](C)CN1CCCCC1. The van der Waals surface area contributed by atoms with Crippen molar-refractivity contribution in [2.75, 3.05) is 31.5 Å². The highest BCUT2D eigenvalue weighted by Gasteiger charge is 2.18. The van der Waals surface area contributed by atoms with Crippen molar-refractivity contribution in [2.24, 2.45) is 5.92 Å². The zero-order valence-corrected chi connectivity index (χ0v) is 18.5. The Labute approximate surface area is 181 Å². The molecule has 1 fully saturated rings. The van der Waals surface area contributed by atoms with Gasteiger partial charge in [0, 0.05) is 13.1 Å². The Morgan fingerprint density at radius 3 is 2.62 bits per heavy atom. The average molecular weight is 434 g/mol. The minimum absolute atomic E-state index is 0.0868.